The van der Waals surface area contributed by atoms with Crippen LogP contribution < -0.4 is 15.9 Å². The number of pyridine rings is 2. The predicted molar refractivity (Wildman–Crippen MR) is 131 cm³/mol. The second-order valence-electron chi connectivity index (χ2n) is 8.67. The molecule has 178 valence electrons. The molecule has 3 aromatic heterocycles. The Kier molecular flexibility index (Phi) is 6.42. The van der Waals surface area contributed by atoms with Gasteiger partial charge >= 0.3 is 0 Å². The SMILES string of the molecule is Cc1ccc(S(=O)(=O)c2cc3c(=O)n4cccc(C)c4nc3[n+](CCCOC(C)C)c2N)cc1. The molecule has 0 bridgehead atoms. The van der Waals surface area contributed by atoms with Gasteiger partial charge in [0.25, 0.3) is 11.2 Å². The van der Waals surface area contributed by atoms with Gasteiger partial charge in [0, 0.05) is 24.8 Å². The summed E-state index contributed by atoms with van der Waals surface area (Å²) in [6.45, 7) is 8.46. The van der Waals surface area contributed by atoms with Crippen molar-refractivity contribution in [2.75, 3.05) is 12.3 Å². The molecule has 0 saturated heterocycles. The molecule has 0 spiro atoms. The molecule has 0 fully saturated rings. The lowest BCUT2D eigenvalue weighted by Crippen LogP contribution is -2.42. The molecule has 2 N–H and O–H groups in total. The Bertz CT molecular complexity index is 1540. The van der Waals surface area contributed by atoms with E-state index in [0.717, 1.165) is 11.1 Å². The normalized spacial score (nSPS) is 12.1. The van der Waals surface area contributed by atoms with Gasteiger partial charge in [0.15, 0.2) is 0 Å². The van der Waals surface area contributed by atoms with Crippen LogP contribution in [0.25, 0.3) is 16.7 Å². The van der Waals surface area contributed by atoms with Crippen molar-refractivity contribution in [2.24, 2.45) is 0 Å². The zero-order valence-electron chi connectivity index (χ0n) is 19.8. The number of anilines is 1. The molecule has 0 aliphatic carbocycles. The first-order valence-electron chi connectivity index (χ1n) is 11.2. The summed E-state index contributed by atoms with van der Waals surface area (Å²) in [6.07, 6.45) is 2.27. The lowest BCUT2D eigenvalue weighted by molar-refractivity contribution is -0.661. The number of nitrogens with zero attached hydrogens (tertiary/aromatic N) is 3. The maximum absolute atomic E-state index is 13.6. The van der Waals surface area contributed by atoms with Crippen molar-refractivity contribution < 1.29 is 17.7 Å². The summed E-state index contributed by atoms with van der Waals surface area (Å²) in [5.41, 5.74) is 8.74. The van der Waals surface area contributed by atoms with Crippen LogP contribution in [-0.4, -0.2) is 30.5 Å². The van der Waals surface area contributed by atoms with Crippen molar-refractivity contribution >= 4 is 32.3 Å². The van der Waals surface area contributed by atoms with E-state index in [-0.39, 0.29) is 32.7 Å². The number of rotatable bonds is 7. The van der Waals surface area contributed by atoms with Gasteiger partial charge in [0.05, 0.1) is 17.5 Å². The number of aryl methyl sites for hydroxylation is 3. The zero-order valence-corrected chi connectivity index (χ0v) is 20.6. The number of aromatic nitrogens is 3. The van der Waals surface area contributed by atoms with E-state index in [9.17, 15) is 13.2 Å². The molecule has 0 atom stereocenters. The fourth-order valence-electron chi connectivity index (χ4n) is 3.91. The molecular weight excluding hydrogens is 452 g/mol. The summed E-state index contributed by atoms with van der Waals surface area (Å²) in [5, 5.41) is 0.188. The minimum Gasteiger partial charge on any atom is -0.379 e. The fourth-order valence-corrected chi connectivity index (χ4v) is 5.32. The van der Waals surface area contributed by atoms with Gasteiger partial charge in [-0.1, -0.05) is 28.7 Å². The number of hydrogen-bond donors (Lipinski definition) is 1. The molecule has 0 amide bonds. The zero-order chi connectivity index (χ0) is 24.6. The molecule has 0 aliphatic heterocycles. The molecule has 0 saturated carbocycles. The number of hydrogen-bond acceptors (Lipinski definition) is 6. The van der Waals surface area contributed by atoms with E-state index in [2.05, 4.69) is 0 Å². The second kappa shape index (κ2) is 9.15. The van der Waals surface area contributed by atoms with Crippen LogP contribution in [0.1, 0.15) is 31.4 Å². The van der Waals surface area contributed by atoms with Crippen LogP contribution in [0.4, 0.5) is 5.82 Å². The van der Waals surface area contributed by atoms with E-state index >= 15 is 0 Å². The number of sulfone groups is 1. The first kappa shape index (κ1) is 23.8. The molecule has 0 aliphatic rings. The molecule has 1 aromatic carbocycles. The van der Waals surface area contributed by atoms with Crippen molar-refractivity contribution in [3.8, 4) is 0 Å². The summed E-state index contributed by atoms with van der Waals surface area (Å²) in [6, 6.07) is 11.5. The third kappa shape index (κ3) is 4.28. The summed E-state index contributed by atoms with van der Waals surface area (Å²) < 4.78 is 35.8. The summed E-state index contributed by atoms with van der Waals surface area (Å²) in [5.74, 6) is 0.0439. The van der Waals surface area contributed by atoms with E-state index in [1.807, 2.05) is 33.8 Å². The first-order valence-corrected chi connectivity index (χ1v) is 12.7. The van der Waals surface area contributed by atoms with Gasteiger partial charge < -0.3 is 10.5 Å². The summed E-state index contributed by atoms with van der Waals surface area (Å²) >= 11 is 0. The van der Waals surface area contributed by atoms with Crippen molar-refractivity contribution in [2.45, 2.75) is 56.6 Å². The van der Waals surface area contributed by atoms with Crippen molar-refractivity contribution in [3.63, 3.8) is 0 Å². The maximum Gasteiger partial charge on any atom is 0.278 e. The van der Waals surface area contributed by atoms with Gasteiger partial charge in [-0.3, -0.25) is 9.20 Å². The molecule has 4 rings (SSSR count). The number of fused-ring (bicyclic) bond motifs is 2. The highest BCUT2D eigenvalue weighted by Crippen LogP contribution is 2.26. The van der Waals surface area contributed by atoms with Gasteiger partial charge in [-0.25, -0.2) is 13.0 Å². The largest absolute Gasteiger partial charge is 0.379 e. The van der Waals surface area contributed by atoms with Crippen LogP contribution in [0.15, 0.2) is 63.2 Å². The van der Waals surface area contributed by atoms with E-state index < -0.39 is 9.84 Å². The van der Waals surface area contributed by atoms with Crippen LogP contribution in [0, 0.1) is 13.8 Å². The minimum atomic E-state index is -3.98. The van der Waals surface area contributed by atoms with Crippen LogP contribution in [0.2, 0.25) is 0 Å². The summed E-state index contributed by atoms with van der Waals surface area (Å²) in [7, 11) is -3.98. The van der Waals surface area contributed by atoms with Gasteiger partial charge in [0.1, 0.15) is 10.3 Å². The lowest BCUT2D eigenvalue weighted by Gasteiger charge is -2.14. The fraction of sp³-hybridized carbons (Fsp3) is 0.320. The third-order valence-electron chi connectivity index (χ3n) is 5.74. The number of ether oxygens (including phenoxy) is 1. The molecule has 34 heavy (non-hydrogen) atoms. The third-order valence-corrected chi connectivity index (χ3v) is 7.54. The molecule has 4 aromatic rings. The average Bonchev–Trinajstić information content (AvgIpc) is 2.78. The molecule has 3 heterocycles. The molecule has 0 unspecified atom stereocenters. The lowest BCUT2D eigenvalue weighted by atomic mass is 10.2. The Morgan fingerprint density at radius 1 is 1.15 bits per heavy atom. The highest BCUT2D eigenvalue weighted by atomic mass is 32.2. The molecule has 8 nitrogen and oxygen atoms in total. The highest BCUT2D eigenvalue weighted by Gasteiger charge is 2.29. The van der Waals surface area contributed by atoms with Crippen LogP contribution in [0.3, 0.4) is 0 Å². The first-order chi connectivity index (χ1) is 16.1. The van der Waals surface area contributed by atoms with Gasteiger partial charge in [0.2, 0.25) is 21.3 Å². The van der Waals surface area contributed by atoms with Crippen molar-refractivity contribution in [3.05, 3.63) is 70.1 Å². The van der Waals surface area contributed by atoms with Crippen LogP contribution in [0.5, 0.6) is 0 Å². The van der Waals surface area contributed by atoms with Crippen molar-refractivity contribution in [1.29, 1.82) is 0 Å². The van der Waals surface area contributed by atoms with Gasteiger partial charge in [-0.2, -0.15) is 0 Å². The highest BCUT2D eigenvalue weighted by molar-refractivity contribution is 7.91. The Morgan fingerprint density at radius 2 is 1.85 bits per heavy atom. The van der Waals surface area contributed by atoms with E-state index in [0.29, 0.717) is 30.9 Å². The Morgan fingerprint density at radius 3 is 2.53 bits per heavy atom. The quantitative estimate of drug-likeness (QED) is 0.247. The molecule has 0 radical (unpaired) electrons. The Hall–Kier alpha value is -3.30. The van der Waals surface area contributed by atoms with E-state index in [4.69, 9.17) is 15.5 Å². The number of nitrogen functional groups attached to an aromatic ring is 1. The number of benzene rings is 1. The monoisotopic (exact) mass is 481 g/mol. The maximum atomic E-state index is 13.6. The standard InChI is InChI=1S/C25H28N4O4S/c1-16(2)33-14-6-13-28-22(26)21(34(31,32)19-10-8-17(3)9-11-19)15-20-24(28)27-23-18(4)7-5-12-29(23)25(20)30/h5,7-12,15-16,26H,6,13-14H2,1-4H3/p+1. The van der Waals surface area contributed by atoms with E-state index in [1.165, 1.54) is 10.5 Å². The molecular formula is C25H29N4O4S+. The smallest absolute Gasteiger partial charge is 0.278 e. The van der Waals surface area contributed by atoms with Crippen LogP contribution in [-0.2, 0) is 21.1 Å². The average molecular weight is 482 g/mol. The Balaban J connectivity index is 1.99. The van der Waals surface area contributed by atoms with Gasteiger partial charge in [-0.05, 0) is 52.0 Å². The Labute approximate surface area is 198 Å². The minimum absolute atomic E-state index is 0.0439. The van der Waals surface area contributed by atoms with Gasteiger partial charge in [-0.15, -0.1) is 0 Å². The molecule has 9 heteroatoms. The predicted octanol–water partition coefficient (Wildman–Crippen LogP) is 2.98. The van der Waals surface area contributed by atoms with Crippen molar-refractivity contribution in [1.82, 2.24) is 9.38 Å². The summed E-state index contributed by atoms with van der Waals surface area (Å²) in [4.78, 5) is 18.2. The topological polar surface area (TPSA) is 108 Å². The number of nitrogens with two attached hydrogens (primary N) is 1. The second-order valence-corrected chi connectivity index (χ2v) is 10.6. The van der Waals surface area contributed by atoms with Crippen LogP contribution >= 0.6 is 0 Å². The van der Waals surface area contributed by atoms with E-state index in [1.54, 1.807) is 41.1 Å².